The first kappa shape index (κ1) is 19.4. The van der Waals surface area contributed by atoms with E-state index in [1.807, 2.05) is 91.0 Å². The van der Waals surface area contributed by atoms with Crippen molar-refractivity contribution in [1.82, 2.24) is 0 Å². The fraction of sp³-hybridized carbons (Fsp3) is 0.0526. The number of halogens is 5. The van der Waals surface area contributed by atoms with Gasteiger partial charge in [-0.1, -0.05) is 91.0 Å². The molecule has 0 unspecified atom stereocenters. The fourth-order valence-electron chi connectivity index (χ4n) is 2.50. The van der Waals surface area contributed by atoms with Gasteiger partial charge in [-0.3, -0.25) is 0 Å². The second kappa shape index (κ2) is 8.47. The van der Waals surface area contributed by atoms with Gasteiger partial charge in [-0.05, 0) is 16.7 Å². The molecule has 0 aliphatic carbocycles. The number of hydrogen-bond acceptors (Lipinski definition) is 0. The van der Waals surface area contributed by atoms with E-state index in [2.05, 4.69) is 0 Å². The summed E-state index contributed by atoms with van der Waals surface area (Å²) >= 11 is -7.18. The molecular formula is C19H15F5Sn. The molecule has 0 atom stereocenters. The van der Waals surface area contributed by atoms with Crippen molar-refractivity contribution < 1.29 is 15.9 Å². The van der Waals surface area contributed by atoms with Crippen LogP contribution in [0.3, 0.4) is 0 Å². The van der Waals surface area contributed by atoms with Crippen molar-refractivity contribution in [2.75, 3.05) is 0 Å². The van der Waals surface area contributed by atoms with E-state index < -0.39 is 26.3 Å². The molecule has 0 aliphatic heterocycles. The average Bonchev–Trinajstić information content (AvgIpc) is 2.62. The third-order valence-corrected chi connectivity index (χ3v) is 3.51. The number of alkyl halides is 1. The van der Waals surface area contributed by atoms with Crippen LogP contribution in [0.15, 0.2) is 91.0 Å². The van der Waals surface area contributed by atoms with Gasteiger partial charge in [-0.25, -0.2) is 4.39 Å². The first-order chi connectivity index (χ1) is 11.8. The SMILES string of the molecule is FC(c1ccccc1)(c1ccccc1)c1ccccc1.[F][Sn]([F])([F])[F]. The molecule has 0 spiro atoms. The normalized spacial score (nSPS) is 11.4. The van der Waals surface area contributed by atoms with E-state index >= 15 is 4.39 Å². The Kier molecular flexibility index (Phi) is 6.58. The second-order valence-corrected chi connectivity index (χ2v) is 7.63. The van der Waals surface area contributed by atoms with Crippen LogP contribution in [0, 0.1) is 0 Å². The van der Waals surface area contributed by atoms with Crippen LogP contribution in [0.25, 0.3) is 0 Å². The molecule has 3 rings (SSSR count). The Morgan fingerprint density at radius 1 is 0.480 bits per heavy atom. The summed E-state index contributed by atoms with van der Waals surface area (Å²) in [4.78, 5) is 0. The summed E-state index contributed by atoms with van der Waals surface area (Å²) in [5.74, 6) is 0. The third-order valence-electron chi connectivity index (χ3n) is 3.51. The zero-order valence-electron chi connectivity index (χ0n) is 13.1. The van der Waals surface area contributed by atoms with E-state index in [1.54, 1.807) is 0 Å². The van der Waals surface area contributed by atoms with Gasteiger partial charge in [0, 0.05) is 0 Å². The van der Waals surface area contributed by atoms with Gasteiger partial charge < -0.3 is 0 Å². The molecule has 0 saturated heterocycles. The molecule has 0 amide bonds. The molecule has 0 heterocycles. The van der Waals surface area contributed by atoms with Gasteiger partial charge in [0.05, 0.1) is 0 Å². The van der Waals surface area contributed by atoms with E-state index in [0.717, 1.165) is 0 Å². The molecule has 6 heteroatoms. The van der Waals surface area contributed by atoms with E-state index in [0.29, 0.717) is 16.7 Å². The van der Waals surface area contributed by atoms with Crippen molar-refractivity contribution in [2.45, 2.75) is 5.67 Å². The molecule has 3 aromatic rings. The van der Waals surface area contributed by atoms with Crippen molar-refractivity contribution in [2.24, 2.45) is 0 Å². The predicted octanol–water partition coefficient (Wildman–Crippen LogP) is 6.25. The van der Waals surface area contributed by atoms with Crippen molar-refractivity contribution in [1.29, 1.82) is 0 Å². The van der Waals surface area contributed by atoms with Gasteiger partial charge in [0.15, 0.2) is 5.67 Å². The van der Waals surface area contributed by atoms with E-state index in [-0.39, 0.29) is 0 Å². The van der Waals surface area contributed by atoms with E-state index in [4.69, 9.17) is 0 Å². The van der Waals surface area contributed by atoms with Gasteiger partial charge in [0.2, 0.25) is 0 Å². The summed E-state index contributed by atoms with van der Waals surface area (Å²) < 4.78 is 55.6. The second-order valence-electron chi connectivity index (χ2n) is 5.19. The summed E-state index contributed by atoms with van der Waals surface area (Å²) in [5.41, 5.74) is 0.330. The Hall–Kier alpha value is -1.89. The monoisotopic (exact) mass is 458 g/mol. The summed E-state index contributed by atoms with van der Waals surface area (Å²) in [5, 5.41) is 0. The quantitative estimate of drug-likeness (QED) is 0.248. The van der Waals surface area contributed by atoms with Crippen LogP contribution in [0.1, 0.15) is 16.7 Å². The first-order valence-electron chi connectivity index (χ1n) is 7.43. The van der Waals surface area contributed by atoms with Crippen LogP contribution in [-0.4, -0.2) is 20.7 Å². The zero-order chi connectivity index (χ0) is 18.3. The first-order valence-corrected chi connectivity index (χ1v) is 11.7. The minimum absolute atomic E-state index is 0.650. The number of benzene rings is 3. The van der Waals surface area contributed by atoms with Gasteiger partial charge in [-0.2, -0.15) is 0 Å². The average molecular weight is 457 g/mol. The maximum absolute atomic E-state index is 16.0. The Labute approximate surface area is 149 Å². The Morgan fingerprint density at radius 2 is 0.680 bits per heavy atom. The molecule has 0 aromatic heterocycles. The van der Waals surface area contributed by atoms with E-state index in [1.165, 1.54) is 0 Å². The van der Waals surface area contributed by atoms with Crippen molar-refractivity contribution >= 4 is 20.7 Å². The molecule has 0 saturated carbocycles. The third kappa shape index (κ3) is 5.56. The van der Waals surface area contributed by atoms with Crippen LogP contribution >= 0.6 is 0 Å². The van der Waals surface area contributed by atoms with Crippen LogP contribution in [0.4, 0.5) is 15.9 Å². The fourth-order valence-corrected chi connectivity index (χ4v) is 2.50. The predicted molar refractivity (Wildman–Crippen MR) is 90.5 cm³/mol. The molecule has 3 aromatic carbocycles. The van der Waals surface area contributed by atoms with Crippen LogP contribution in [-0.2, 0) is 5.67 Å². The van der Waals surface area contributed by atoms with Crippen LogP contribution in [0.2, 0.25) is 0 Å². The number of hydrogen-bond donors (Lipinski definition) is 0. The molecular weight excluding hydrogens is 442 g/mol. The van der Waals surface area contributed by atoms with Crippen LogP contribution < -0.4 is 0 Å². The Balaban J connectivity index is 0.000000399. The molecule has 0 nitrogen and oxygen atoms in total. The Morgan fingerprint density at radius 3 is 0.880 bits per heavy atom. The van der Waals surface area contributed by atoms with Gasteiger partial charge in [-0.15, -0.1) is 0 Å². The van der Waals surface area contributed by atoms with E-state index in [9.17, 15) is 11.5 Å². The minimum atomic E-state index is -7.18. The summed E-state index contributed by atoms with van der Waals surface area (Å²) in [6.07, 6.45) is 0. The summed E-state index contributed by atoms with van der Waals surface area (Å²) in [7, 11) is 0. The standard InChI is InChI=1S/C19H15F.4FH.Sn/c20-19(16-10-4-1-5-11-16,17-12-6-2-7-13-17)18-14-8-3-9-15-18;;;;;/h1-15H;4*1H;/q;;;;;+4/p-4. The van der Waals surface area contributed by atoms with Crippen LogP contribution in [0.5, 0.6) is 0 Å². The zero-order valence-corrected chi connectivity index (χ0v) is 15.9. The van der Waals surface area contributed by atoms with Crippen molar-refractivity contribution in [3.05, 3.63) is 108 Å². The molecule has 0 fully saturated rings. The van der Waals surface area contributed by atoms with Gasteiger partial charge in [0.25, 0.3) is 0 Å². The molecule has 25 heavy (non-hydrogen) atoms. The summed E-state index contributed by atoms with van der Waals surface area (Å²) in [6, 6.07) is 27.9. The van der Waals surface area contributed by atoms with Gasteiger partial charge >= 0.3 is 32.1 Å². The molecule has 0 radical (unpaired) electrons. The molecule has 130 valence electrons. The molecule has 0 bridgehead atoms. The molecule has 0 N–H and O–H groups in total. The topological polar surface area (TPSA) is 0 Å². The van der Waals surface area contributed by atoms with Crippen molar-refractivity contribution in [3.63, 3.8) is 0 Å². The Bertz CT molecular complexity index is 655. The van der Waals surface area contributed by atoms with Crippen molar-refractivity contribution in [3.8, 4) is 0 Å². The maximum atomic E-state index is 16.0. The number of rotatable bonds is 3. The van der Waals surface area contributed by atoms with Gasteiger partial charge in [0.1, 0.15) is 0 Å². The summed E-state index contributed by atoms with van der Waals surface area (Å²) in [6.45, 7) is 0. The molecule has 0 aliphatic rings.